The molecular weight excluding hydrogens is 255 g/mol. The first-order chi connectivity index (χ1) is 9.65. The molecule has 110 valence electrons. The van der Waals surface area contributed by atoms with Crippen LogP contribution in [0.4, 0.5) is 10.5 Å². The number of rotatable bonds is 8. The Balaban J connectivity index is 2.32. The zero-order valence-corrected chi connectivity index (χ0v) is 11.9. The number of para-hydroxylation sites is 1. The van der Waals surface area contributed by atoms with Gasteiger partial charge in [-0.15, -0.1) is 0 Å². The van der Waals surface area contributed by atoms with Crippen molar-refractivity contribution >= 4 is 24.3 Å². The number of anilines is 1. The summed E-state index contributed by atoms with van der Waals surface area (Å²) in [6, 6.07) is 6.28. The van der Waals surface area contributed by atoms with Gasteiger partial charge >= 0.3 is 13.1 Å². The maximum atomic E-state index is 11.7. The monoisotopic (exact) mass is 278 g/mol. The van der Waals surface area contributed by atoms with Crippen molar-refractivity contribution in [1.29, 1.82) is 0 Å². The molecule has 0 aromatic heterocycles. The van der Waals surface area contributed by atoms with Crippen LogP contribution >= 0.6 is 0 Å². The molecule has 0 aliphatic carbocycles. The standard InChI is InChI=1S/C14H23BN2O3/c1-2-3-4-5-8-11-16-14(18)17-13-10-7-6-9-12(13)15(19)20/h6-7,9-10,19-20H,2-5,8,11H2,1H3,(H2,16,17,18). The molecule has 1 aromatic rings. The number of urea groups is 1. The van der Waals surface area contributed by atoms with E-state index >= 15 is 0 Å². The minimum atomic E-state index is -1.60. The van der Waals surface area contributed by atoms with Gasteiger partial charge in [0.25, 0.3) is 0 Å². The minimum absolute atomic E-state index is 0.283. The van der Waals surface area contributed by atoms with Crippen molar-refractivity contribution in [1.82, 2.24) is 5.32 Å². The van der Waals surface area contributed by atoms with Gasteiger partial charge in [-0.25, -0.2) is 4.79 Å². The van der Waals surface area contributed by atoms with Crippen LogP contribution in [0.3, 0.4) is 0 Å². The second-order valence-corrected chi connectivity index (χ2v) is 4.76. The van der Waals surface area contributed by atoms with E-state index in [4.69, 9.17) is 0 Å². The second kappa shape index (κ2) is 9.39. The number of hydrogen-bond acceptors (Lipinski definition) is 3. The van der Waals surface area contributed by atoms with Crippen molar-refractivity contribution < 1.29 is 14.8 Å². The van der Waals surface area contributed by atoms with E-state index in [0.717, 1.165) is 12.8 Å². The lowest BCUT2D eigenvalue weighted by atomic mass is 9.79. The topological polar surface area (TPSA) is 81.6 Å². The van der Waals surface area contributed by atoms with Crippen LogP contribution in [0.2, 0.25) is 0 Å². The Morgan fingerprint density at radius 3 is 2.55 bits per heavy atom. The van der Waals surface area contributed by atoms with Crippen molar-refractivity contribution in [2.75, 3.05) is 11.9 Å². The molecule has 0 saturated heterocycles. The third-order valence-electron chi connectivity index (χ3n) is 3.05. The minimum Gasteiger partial charge on any atom is -0.423 e. The Kier molecular flexibility index (Phi) is 7.76. The summed E-state index contributed by atoms with van der Waals surface area (Å²) in [6.45, 7) is 2.79. The molecule has 0 aliphatic rings. The van der Waals surface area contributed by atoms with Gasteiger partial charge in [0, 0.05) is 17.7 Å². The molecule has 1 rings (SSSR count). The smallest absolute Gasteiger partial charge is 0.423 e. The lowest BCUT2D eigenvalue weighted by Gasteiger charge is -2.11. The van der Waals surface area contributed by atoms with E-state index in [2.05, 4.69) is 17.6 Å². The zero-order valence-electron chi connectivity index (χ0n) is 11.9. The van der Waals surface area contributed by atoms with E-state index in [9.17, 15) is 14.8 Å². The van der Waals surface area contributed by atoms with Crippen LogP contribution in [-0.2, 0) is 0 Å². The predicted molar refractivity (Wildman–Crippen MR) is 82.0 cm³/mol. The Hall–Kier alpha value is -1.53. The largest absolute Gasteiger partial charge is 0.490 e. The average molecular weight is 278 g/mol. The highest BCUT2D eigenvalue weighted by Crippen LogP contribution is 2.04. The molecule has 0 aliphatic heterocycles. The molecule has 4 N–H and O–H groups in total. The van der Waals surface area contributed by atoms with E-state index < -0.39 is 7.12 Å². The van der Waals surface area contributed by atoms with Crippen LogP contribution in [0.25, 0.3) is 0 Å². The zero-order chi connectivity index (χ0) is 14.8. The Morgan fingerprint density at radius 2 is 1.85 bits per heavy atom. The number of hydrogen-bond donors (Lipinski definition) is 4. The summed E-state index contributed by atoms with van der Waals surface area (Å²) < 4.78 is 0. The Bertz CT molecular complexity index is 413. The molecule has 0 unspecified atom stereocenters. The van der Waals surface area contributed by atoms with Crippen molar-refractivity contribution in [2.24, 2.45) is 0 Å². The molecule has 2 amide bonds. The normalized spacial score (nSPS) is 10.2. The van der Waals surface area contributed by atoms with Gasteiger partial charge in [0.1, 0.15) is 0 Å². The van der Waals surface area contributed by atoms with Gasteiger partial charge in [0.05, 0.1) is 0 Å². The molecule has 0 fully saturated rings. The fourth-order valence-electron chi connectivity index (χ4n) is 1.93. The maximum Gasteiger partial charge on any atom is 0.490 e. The second-order valence-electron chi connectivity index (χ2n) is 4.76. The predicted octanol–water partition coefficient (Wildman–Crippen LogP) is 1.46. The van der Waals surface area contributed by atoms with Crippen LogP contribution in [-0.4, -0.2) is 29.7 Å². The Labute approximate surface area is 120 Å². The SMILES string of the molecule is CCCCCCCNC(=O)Nc1ccccc1B(O)O. The molecule has 0 radical (unpaired) electrons. The van der Waals surface area contributed by atoms with Crippen LogP contribution in [0, 0.1) is 0 Å². The third kappa shape index (κ3) is 6.08. The van der Waals surface area contributed by atoms with Gasteiger partial charge in [-0.05, 0) is 12.5 Å². The van der Waals surface area contributed by atoms with Crippen LogP contribution in [0.15, 0.2) is 24.3 Å². The van der Waals surface area contributed by atoms with Crippen LogP contribution in [0.1, 0.15) is 39.0 Å². The lowest BCUT2D eigenvalue weighted by molar-refractivity contribution is 0.252. The summed E-state index contributed by atoms with van der Waals surface area (Å²) in [6.07, 6.45) is 5.69. The maximum absolute atomic E-state index is 11.7. The van der Waals surface area contributed by atoms with Crippen molar-refractivity contribution in [3.8, 4) is 0 Å². The summed E-state index contributed by atoms with van der Waals surface area (Å²) in [7, 11) is -1.60. The number of nitrogens with one attached hydrogen (secondary N) is 2. The average Bonchev–Trinajstić information content (AvgIpc) is 2.43. The van der Waals surface area contributed by atoms with E-state index in [1.54, 1.807) is 24.3 Å². The molecule has 1 aromatic carbocycles. The highest BCUT2D eigenvalue weighted by molar-refractivity contribution is 6.60. The number of carbonyl (C=O) groups excluding carboxylic acids is 1. The van der Waals surface area contributed by atoms with Gasteiger partial charge in [-0.1, -0.05) is 50.8 Å². The first-order valence-corrected chi connectivity index (χ1v) is 7.15. The molecule has 0 spiro atoms. The molecular formula is C14H23BN2O3. The van der Waals surface area contributed by atoms with Crippen molar-refractivity contribution in [3.63, 3.8) is 0 Å². The molecule has 6 heteroatoms. The van der Waals surface area contributed by atoms with Crippen LogP contribution in [0.5, 0.6) is 0 Å². The number of benzene rings is 1. The van der Waals surface area contributed by atoms with E-state index in [1.165, 1.54) is 19.3 Å². The molecule has 0 saturated carbocycles. The third-order valence-corrected chi connectivity index (χ3v) is 3.05. The molecule has 0 atom stereocenters. The number of unbranched alkanes of at least 4 members (excludes halogenated alkanes) is 4. The highest BCUT2D eigenvalue weighted by atomic mass is 16.4. The van der Waals surface area contributed by atoms with E-state index in [1.807, 2.05) is 0 Å². The summed E-state index contributed by atoms with van der Waals surface area (Å²) in [5.74, 6) is 0. The summed E-state index contributed by atoms with van der Waals surface area (Å²) in [5.41, 5.74) is 0.691. The van der Waals surface area contributed by atoms with Gasteiger partial charge in [-0.2, -0.15) is 0 Å². The number of amides is 2. The van der Waals surface area contributed by atoms with Crippen molar-refractivity contribution in [2.45, 2.75) is 39.0 Å². The van der Waals surface area contributed by atoms with E-state index in [-0.39, 0.29) is 11.5 Å². The van der Waals surface area contributed by atoms with E-state index in [0.29, 0.717) is 12.2 Å². The fourth-order valence-corrected chi connectivity index (χ4v) is 1.93. The number of carbonyl (C=O) groups is 1. The van der Waals surface area contributed by atoms with Crippen molar-refractivity contribution in [3.05, 3.63) is 24.3 Å². The van der Waals surface area contributed by atoms with Gasteiger partial charge < -0.3 is 20.7 Å². The summed E-state index contributed by atoms with van der Waals surface area (Å²) in [5, 5.41) is 23.8. The molecule has 20 heavy (non-hydrogen) atoms. The summed E-state index contributed by atoms with van der Waals surface area (Å²) >= 11 is 0. The highest BCUT2D eigenvalue weighted by Gasteiger charge is 2.16. The first kappa shape index (κ1) is 16.5. The Morgan fingerprint density at radius 1 is 1.15 bits per heavy atom. The first-order valence-electron chi connectivity index (χ1n) is 7.15. The molecule has 0 bridgehead atoms. The quantitative estimate of drug-likeness (QED) is 0.429. The lowest BCUT2D eigenvalue weighted by Crippen LogP contribution is -2.36. The fraction of sp³-hybridized carbons (Fsp3) is 0.500. The van der Waals surface area contributed by atoms with Crippen LogP contribution < -0.4 is 16.1 Å². The molecule has 5 nitrogen and oxygen atoms in total. The van der Waals surface area contributed by atoms with Gasteiger partial charge in [-0.3, -0.25) is 0 Å². The van der Waals surface area contributed by atoms with Gasteiger partial charge in [0.2, 0.25) is 0 Å². The van der Waals surface area contributed by atoms with Gasteiger partial charge in [0.15, 0.2) is 0 Å². The molecule has 0 heterocycles. The summed E-state index contributed by atoms with van der Waals surface area (Å²) in [4.78, 5) is 11.7.